The first-order valence-corrected chi connectivity index (χ1v) is 6.66. The van der Waals surface area contributed by atoms with Crippen molar-refractivity contribution >= 4 is 11.0 Å². The Morgan fingerprint density at radius 1 is 1.00 bits per heavy atom. The molecule has 0 amide bonds. The van der Waals surface area contributed by atoms with E-state index >= 15 is 0 Å². The number of hydrogen-bond donors (Lipinski definition) is 0. The number of hydrogen-bond acceptors (Lipinski definition) is 1. The third-order valence-corrected chi connectivity index (χ3v) is 3.61. The van der Waals surface area contributed by atoms with Gasteiger partial charge in [0.05, 0.1) is 17.4 Å². The van der Waals surface area contributed by atoms with Gasteiger partial charge in [-0.2, -0.15) is 0 Å². The Balaban J connectivity index is 2.13. The SMILES string of the molecule is CC(C)c1cccc(-c2ccc3ncn(C)c3c2)c1. The molecule has 0 radical (unpaired) electrons. The third kappa shape index (κ3) is 2.14. The quantitative estimate of drug-likeness (QED) is 0.660. The van der Waals surface area contributed by atoms with E-state index in [0.29, 0.717) is 5.92 Å². The molecule has 0 aliphatic carbocycles. The van der Waals surface area contributed by atoms with Gasteiger partial charge in [-0.05, 0) is 34.7 Å². The third-order valence-electron chi connectivity index (χ3n) is 3.61. The topological polar surface area (TPSA) is 17.8 Å². The van der Waals surface area contributed by atoms with Gasteiger partial charge in [-0.1, -0.05) is 44.2 Å². The predicted molar refractivity (Wildman–Crippen MR) is 80.2 cm³/mol. The van der Waals surface area contributed by atoms with Gasteiger partial charge in [-0.15, -0.1) is 0 Å². The summed E-state index contributed by atoms with van der Waals surface area (Å²) in [5, 5.41) is 0. The average molecular weight is 250 g/mol. The fraction of sp³-hybridized carbons (Fsp3) is 0.235. The Labute approximate surface area is 113 Å². The molecule has 0 spiro atoms. The maximum absolute atomic E-state index is 4.36. The van der Waals surface area contributed by atoms with Gasteiger partial charge in [-0.3, -0.25) is 0 Å². The summed E-state index contributed by atoms with van der Waals surface area (Å²) in [6, 6.07) is 15.2. The Morgan fingerprint density at radius 3 is 2.58 bits per heavy atom. The zero-order valence-corrected chi connectivity index (χ0v) is 11.6. The van der Waals surface area contributed by atoms with Crippen LogP contribution in [0.5, 0.6) is 0 Å². The average Bonchev–Trinajstić information content (AvgIpc) is 2.80. The van der Waals surface area contributed by atoms with Crippen LogP contribution in [0.15, 0.2) is 48.8 Å². The maximum atomic E-state index is 4.36. The molecule has 0 bridgehead atoms. The fourth-order valence-electron chi connectivity index (χ4n) is 2.38. The largest absolute Gasteiger partial charge is 0.334 e. The maximum Gasteiger partial charge on any atom is 0.0955 e. The Morgan fingerprint density at radius 2 is 1.79 bits per heavy atom. The molecule has 0 saturated heterocycles. The molecule has 0 aliphatic heterocycles. The number of fused-ring (bicyclic) bond motifs is 1. The van der Waals surface area contributed by atoms with Gasteiger partial charge < -0.3 is 4.57 Å². The van der Waals surface area contributed by atoms with E-state index in [9.17, 15) is 0 Å². The minimum Gasteiger partial charge on any atom is -0.334 e. The molecule has 0 aliphatic rings. The van der Waals surface area contributed by atoms with E-state index in [2.05, 4.69) is 65.9 Å². The fourth-order valence-corrected chi connectivity index (χ4v) is 2.38. The van der Waals surface area contributed by atoms with E-state index in [0.717, 1.165) is 5.52 Å². The first kappa shape index (κ1) is 12.0. The molecule has 0 unspecified atom stereocenters. The lowest BCUT2D eigenvalue weighted by atomic mass is 9.97. The zero-order chi connectivity index (χ0) is 13.4. The predicted octanol–water partition coefficient (Wildman–Crippen LogP) is 4.36. The zero-order valence-electron chi connectivity index (χ0n) is 11.6. The highest BCUT2D eigenvalue weighted by Gasteiger charge is 2.05. The van der Waals surface area contributed by atoms with Gasteiger partial charge in [0.2, 0.25) is 0 Å². The molecule has 19 heavy (non-hydrogen) atoms. The van der Waals surface area contributed by atoms with Crippen LogP contribution < -0.4 is 0 Å². The summed E-state index contributed by atoms with van der Waals surface area (Å²) in [5.74, 6) is 0.556. The number of nitrogens with zero attached hydrogens (tertiary/aromatic N) is 2. The van der Waals surface area contributed by atoms with Crippen molar-refractivity contribution in [1.29, 1.82) is 0 Å². The Hall–Kier alpha value is -2.09. The van der Waals surface area contributed by atoms with E-state index in [1.165, 1.54) is 22.2 Å². The van der Waals surface area contributed by atoms with Gasteiger partial charge in [0, 0.05) is 7.05 Å². The van der Waals surface area contributed by atoms with E-state index in [1.54, 1.807) is 0 Å². The number of benzene rings is 2. The van der Waals surface area contributed by atoms with Crippen LogP contribution in [0.1, 0.15) is 25.3 Å². The molecule has 1 aromatic heterocycles. The Kier molecular flexibility index (Phi) is 2.86. The summed E-state index contributed by atoms with van der Waals surface area (Å²) >= 11 is 0. The number of rotatable bonds is 2. The second-order valence-corrected chi connectivity index (χ2v) is 5.34. The van der Waals surface area contributed by atoms with Gasteiger partial charge in [0.15, 0.2) is 0 Å². The van der Waals surface area contributed by atoms with Crippen LogP contribution in [-0.4, -0.2) is 9.55 Å². The van der Waals surface area contributed by atoms with Crippen molar-refractivity contribution in [1.82, 2.24) is 9.55 Å². The highest BCUT2D eigenvalue weighted by atomic mass is 15.0. The van der Waals surface area contributed by atoms with Gasteiger partial charge >= 0.3 is 0 Å². The first-order valence-electron chi connectivity index (χ1n) is 6.66. The second kappa shape index (κ2) is 4.54. The molecular weight excluding hydrogens is 232 g/mol. The van der Waals surface area contributed by atoms with Gasteiger partial charge in [-0.25, -0.2) is 4.98 Å². The summed E-state index contributed by atoms with van der Waals surface area (Å²) in [6.45, 7) is 4.45. The van der Waals surface area contributed by atoms with Crippen LogP contribution in [0.3, 0.4) is 0 Å². The van der Waals surface area contributed by atoms with E-state index in [4.69, 9.17) is 0 Å². The van der Waals surface area contributed by atoms with Gasteiger partial charge in [0.1, 0.15) is 0 Å². The minimum atomic E-state index is 0.556. The van der Waals surface area contributed by atoms with Crippen molar-refractivity contribution in [2.75, 3.05) is 0 Å². The van der Waals surface area contributed by atoms with Crippen molar-refractivity contribution in [2.24, 2.45) is 7.05 Å². The van der Waals surface area contributed by atoms with Crippen LogP contribution in [0, 0.1) is 0 Å². The van der Waals surface area contributed by atoms with Crippen LogP contribution in [-0.2, 0) is 7.05 Å². The van der Waals surface area contributed by atoms with Crippen LogP contribution in [0.25, 0.3) is 22.2 Å². The van der Waals surface area contributed by atoms with E-state index in [-0.39, 0.29) is 0 Å². The van der Waals surface area contributed by atoms with E-state index in [1.807, 2.05) is 13.4 Å². The first-order chi connectivity index (χ1) is 9.15. The number of imidazole rings is 1. The lowest BCUT2D eigenvalue weighted by Gasteiger charge is -2.08. The molecule has 0 fully saturated rings. The molecule has 3 aromatic rings. The van der Waals surface area contributed by atoms with Crippen molar-refractivity contribution in [3.8, 4) is 11.1 Å². The minimum absolute atomic E-state index is 0.556. The van der Waals surface area contributed by atoms with E-state index < -0.39 is 0 Å². The molecular formula is C17H18N2. The molecule has 0 atom stereocenters. The molecule has 0 saturated carbocycles. The molecule has 2 aromatic carbocycles. The lowest BCUT2D eigenvalue weighted by Crippen LogP contribution is -1.88. The monoisotopic (exact) mass is 250 g/mol. The molecule has 1 heterocycles. The summed E-state index contributed by atoms with van der Waals surface area (Å²) in [6.07, 6.45) is 1.86. The van der Waals surface area contributed by atoms with Crippen molar-refractivity contribution < 1.29 is 0 Å². The van der Waals surface area contributed by atoms with Crippen molar-refractivity contribution in [2.45, 2.75) is 19.8 Å². The molecule has 0 N–H and O–H groups in total. The lowest BCUT2D eigenvalue weighted by molar-refractivity contribution is 0.867. The highest BCUT2D eigenvalue weighted by molar-refractivity contribution is 5.82. The second-order valence-electron chi connectivity index (χ2n) is 5.34. The molecule has 3 rings (SSSR count). The van der Waals surface area contributed by atoms with Crippen molar-refractivity contribution in [3.05, 3.63) is 54.4 Å². The summed E-state index contributed by atoms with van der Waals surface area (Å²) in [4.78, 5) is 4.36. The standard InChI is InChI=1S/C17H18N2/c1-12(2)13-5-4-6-14(9-13)15-7-8-16-17(10-15)19(3)11-18-16/h4-12H,1-3H3. The number of aryl methyl sites for hydroxylation is 1. The highest BCUT2D eigenvalue weighted by Crippen LogP contribution is 2.26. The van der Waals surface area contributed by atoms with Gasteiger partial charge in [0.25, 0.3) is 0 Å². The summed E-state index contributed by atoms with van der Waals surface area (Å²) in [7, 11) is 2.03. The van der Waals surface area contributed by atoms with Crippen molar-refractivity contribution in [3.63, 3.8) is 0 Å². The smallest absolute Gasteiger partial charge is 0.0955 e. The normalized spacial score (nSPS) is 11.4. The molecule has 2 nitrogen and oxygen atoms in total. The van der Waals surface area contributed by atoms with Crippen LogP contribution in [0.4, 0.5) is 0 Å². The molecule has 2 heteroatoms. The van der Waals surface area contributed by atoms with Crippen LogP contribution >= 0.6 is 0 Å². The van der Waals surface area contributed by atoms with Crippen LogP contribution in [0.2, 0.25) is 0 Å². The summed E-state index contributed by atoms with van der Waals surface area (Å²) in [5.41, 5.74) is 6.12. The Bertz CT molecular complexity index is 723. The number of aromatic nitrogens is 2. The molecule has 96 valence electrons. The summed E-state index contributed by atoms with van der Waals surface area (Å²) < 4.78 is 2.06.